The minimum atomic E-state index is -0.961. The largest absolute Gasteiger partial charge is 0.378 e. The lowest BCUT2D eigenvalue weighted by Gasteiger charge is -2.28. The summed E-state index contributed by atoms with van der Waals surface area (Å²) in [7, 11) is 0. The number of urea groups is 1. The number of carbonyl (C=O) groups is 4. The summed E-state index contributed by atoms with van der Waals surface area (Å²) in [5.74, 6) is -2.23. The van der Waals surface area contributed by atoms with Crippen LogP contribution in [-0.4, -0.2) is 71.3 Å². The Bertz CT molecular complexity index is 670. The standard InChI is InChI=1S/C16H17N3O5/c20-13(17-6-8-24-9-7-17)11-19-15(22)14(21)18(16(19)23)10-12-4-2-1-3-5-12/h1-5H,6-11H2. The predicted octanol–water partition coefficient (Wildman–Crippen LogP) is -0.164. The molecule has 1 aromatic carbocycles. The van der Waals surface area contributed by atoms with Crippen LogP contribution in [-0.2, 0) is 25.7 Å². The molecule has 2 aliphatic heterocycles. The van der Waals surface area contributed by atoms with Gasteiger partial charge in [-0.3, -0.25) is 19.3 Å². The molecular formula is C16H17N3O5. The van der Waals surface area contributed by atoms with E-state index in [4.69, 9.17) is 4.74 Å². The first-order valence-electron chi connectivity index (χ1n) is 7.64. The summed E-state index contributed by atoms with van der Waals surface area (Å²) in [6, 6.07) is 8.13. The van der Waals surface area contributed by atoms with E-state index >= 15 is 0 Å². The van der Waals surface area contributed by atoms with Gasteiger partial charge in [-0.25, -0.2) is 9.69 Å². The smallest absolute Gasteiger partial charge is 0.335 e. The molecule has 1 aromatic rings. The SMILES string of the molecule is O=C(CN1C(=O)C(=O)N(Cc2ccccc2)C1=O)N1CCOCC1. The second-order valence-electron chi connectivity index (χ2n) is 5.54. The predicted molar refractivity (Wildman–Crippen MR) is 81.5 cm³/mol. The third kappa shape index (κ3) is 3.13. The average Bonchev–Trinajstić information content (AvgIpc) is 2.81. The number of morpholine rings is 1. The molecule has 0 atom stereocenters. The van der Waals surface area contributed by atoms with Crippen LogP contribution in [0.4, 0.5) is 4.79 Å². The molecule has 0 aliphatic carbocycles. The van der Waals surface area contributed by atoms with Crippen molar-refractivity contribution in [2.24, 2.45) is 0 Å². The highest BCUT2D eigenvalue weighted by Crippen LogP contribution is 2.16. The number of nitrogens with zero attached hydrogens (tertiary/aromatic N) is 3. The van der Waals surface area contributed by atoms with Crippen LogP contribution in [0.15, 0.2) is 30.3 Å². The van der Waals surface area contributed by atoms with Crippen molar-refractivity contribution in [2.75, 3.05) is 32.8 Å². The first-order chi connectivity index (χ1) is 11.6. The molecule has 2 heterocycles. The van der Waals surface area contributed by atoms with E-state index in [0.29, 0.717) is 31.2 Å². The molecule has 3 rings (SSSR count). The first-order valence-corrected chi connectivity index (χ1v) is 7.64. The van der Waals surface area contributed by atoms with Gasteiger partial charge >= 0.3 is 17.8 Å². The van der Waals surface area contributed by atoms with Crippen LogP contribution < -0.4 is 0 Å². The quantitative estimate of drug-likeness (QED) is 0.565. The first kappa shape index (κ1) is 16.1. The van der Waals surface area contributed by atoms with E-state index in [9.17, 15) is 19.2 Å². The van der Waals surface area contributed by atoms with Gasteiger partial charge in [-0.1, -0.05) is 30.3 Å². The lowest BCUT2D eigenvalue weighted by Crippen LogP contribution is -2.47. The topological polar surface area (TPSA) is 87.2 Å². The van der Waals surface area contributed by atoms with Crippen LogP contribution in [0.25, 0.3) is 0 Å². The summed E-state index contributed by atoms with van der Waals surface area (Å²) in [6.45, 7) is 1.26. The number of carbonyl (C=O) groups excluding carboxylic acids is 4. The number of hydrogen-bond donors (Lipinski definition) is 0. The van der Waals surface area contributed by atoms with Crippen molar-refractivity contribution in [3.8, 4) is 0 Å². The maximum Gasteiger partial charge on any atom is 0.335 e. The van der Waals surface area contributed by atoms with Gasteiger partial charge in [0.05, 0.1) is 19.8 Å². The van der Waals surface area contributed by atoms with Crippen molar-refractivity contribution in [1.29, 1.82) is 0 Å². The summed E-state index contributed by atoms with van der Waals surface area (Å²) >= 11 is 0. The van der Waals surface area contributed by atoms with Crippen molar-refractivity contribution in [2.45, 2.75) is 6.54 Å². The number of ether oxygens (including phenoxy) is 1. The summed E-state index contributed by atoms with van der Waals surface area (Å²) in [6.07, 6.45) is 0. The van der Waals surface area contributed by atoms with Crippen molar-refractivity contribution in [3.63, 3.8) is 0 Å². The zero-order valence-corrected chi connectivity index (χ0v) is 13.0. The molecule has 8 nitrogen and oxygen atoms in total. The number of benzene rings is 1. The Morgan fingerprint density at radius 3 is 2.25 bits per heavy atom. The fourth-order valence-corrected chi connectivity index (χ4v) is 2.64. The minimum Gasteiger partial charge on any atom is -0.378 e. The van der Waals surface area contributed by atoms with Crippen LogP contribution in [0.5, 0.6) is 0 Å². The fourth-order valence-electron chi connectivity index (χ4n) is 2.64. The molecule has 24 heavy (non-hydrogen) atoms. The Hall–Kier alpha value is -2.74. The Kier molecular flexibility index (Phi) is 4.57. The van der Waals surface area contributed by atoms with Gasteiger partial charge in [0.25, 0.3) is 0 Å². The monoisotopic (exact) mass is 331 g/mol. The van der Waals surface area contributed by atoms with Crippen LogP contribution in [0.3, 0.4) is 0 Å². The Morgan fingerprint density at radius 2 is 1.58 bits per heavy atom. The Labute approximate surface area is 138 Å². The summed E-state index contributed by atoms with van der Waals surface area (Å²) in [4.78, 5) is 51.8. The van der Waals surface area contributed by atoms with Gasteiger partial charge < -0.3 is 9.64 Å². The highest BCUT2D eigenvalue weighted by molar-refractivity contribution is 6.44. The van der Waals surface area contributed by atoms with E-state index in [0.717, 1.165) is 10.5 Å². The number of imide groups is 2. The summed E-state index contributed by atoms with van der Waals surface area (Å²) < 4.78 is 5.16. The summed E-state index contributed by atoms with van der Waals surface area (Å²) in [5.41, 5.74) is 0.730. The Morgan fingerprint density at radius 1 is 0.958 bits per heavy atom. The average molecular weight is 331 g/mol. The van der Waals surface area contributed by atoms with Crippen LogP contribution in [0, 0.1) is 0 Å². The maximum atomic E-state index is 12.4. The molecule has 2 aliphatic rings. The van der Waals surface area contributed by atoms with Gasteiger partial charge in [-0.15, -0.1) is 0 Å². The molecule has 0 spiro atoms. The van der Waals surface area contributed by atoms with Crippen molar-refractivity contribution < 1.29 is 23.9 Å². The highest BCUT2D eigenvalue weighted by Gasteiger charge is 2.45. The third-order valence-electron chi connectivity index (χ3n) is 3.98. The lowest BCUT2D eigenvalue weighted by molar-refractivity contribution is -0.145. The van der Waals surface area contributed by atoms with Gasteiger partial charge in [0.15, 0.2) is 0 Å². The molecule has 0 aromatic heterocycles. The molecule has 0 bridgehead atoms. The highest BCUT2D eigenvalue weighted by atomic mass is 16.5. The summed E-state index contributed by atoms with van der Waals surface area (Å²) in [5, 5.41) is 0. The number of amides is 5. The minimum absolute atomic E-state index is 0.00644. The second kappa shape index (κ2) is 6.79. The van der Waals surface area contributed by atoms with Gasteiger partial charge in [-0.2, -0.15) is 0 Å². The molecular weight excluding hydrogens is 314 g/mol. The molecule has 0 radical (unpaired) electrons. The number of rotatable bonds is 4. The van der Waals surface area contributed by atoms with E-state index in [-0.39, 0.29) is 12.5 Å². The fraction of sp³-hybridized carbons (Fsp3) is 0.375. The van der Waals surface area contributed by atoms with Gasteiger partial charge in [-0.05, 0) is 5.56 Å². The maximum absolute atomic E-state index is 12.4. The van der Waals surface area contributed by atoms with E-state index in [1.54, 1.807) is 24.3 Å². The molecule has 0 unspecified atom stereocenters. The lowest BCUT2D eigenvalue weighted by atomic mass is 10.2. The molecule has 2 saturated heterocycles. The zero-order chi connectivity index (χ0) is 17.1. The van der Waals surface area contributed by atoms with E-state index in [1.807, 2.05) is 6.07 Å². The van der Waals surface area contributed by atoms with Crippen molar-refractivity contribution in [3.05, 3.63) is 35.9 Å². The van der Waals surface area contributed by atoms with Gasteiger partial charge in [0.1, 0.15) is 6.54 Å². The molecule has 8 heteroatoms. The molecule has 2 fully saturated rings. The molecule has 0 saturated carbocycles. The van der Waals surface area contributed by atoms with E-state index in [2.05, 4.69) is 0 Å². The third-order valence-corrected chi connectivity index (χ3v) is 3.98. The Balaban J connectivity index is 1.68. The van der Waals surface area contributed by atoms with Crippen LogP contribution >= 0.6 is 0 Å². The second-order valence-corrected chi connectivity index (χ2v) is 5.54. The van der Waals surface area contributed by atoms with Crippen molar-refractivity contribution in [1.82, 2.24) is 14.7 Å². The van der Waals surface area contributed by atoms with E-state index in [1.165, 1.54) is 4.90 Å². The van der Waals surface area contributed by atoms with Gasteiger partial charge in [0.2, 0.25) is 5.91 Å². The zero-order valence-electron chi connectivity index (χ0n) is 13.0. The van der Waals surface area contributed by atoms with Crippen LogP contribution in [0.1, 0.15) is 5.56 Å². The van der Waals surface area contributed by atoms with E-state index < -0.39 is 24.4 Å². The normalized spacial score (nSPS) is 18.5. The molecule has 5 amide bonds. The van der Waals surface area contributed by atoms with Gasteiger partial charge in [0, 0.05) is 13.1 Å². The van der Waals surface area contributed by atoms with Crippen LogP contribution in [0.2, 0.25) is 0 Å². The molecule has 126 valence electrons. The number of hydrogen-bond acceptors (Lipinski definition) is 5. The van der Waals surface area contributed by atoms with Crippen molar-refractivity contribution >= 4 is 23.8 Å². The molecule has 0 N–H and O–H groups in total.